The zero-order chi connectivity index (χ0) is 20.3. The van der Waals surface area contributed by atoms with Crippen LogP contribution in [0.5, 0.6) is 5.75 Å². The first-order valence-electron chi connectivity index (χ1n) is 10.0. The zero-order valence-electron chi connectivity index (χ0n) is 16.7. The number of hydrogen-bond acceptors (Lipinski definition) is 5. The molecule has 0 amide bonds. The molecule has 1 aromatic carbocycles. The third-order valence-corrected chi connectivity index (χ3v) is 6.17. The van der Waals surface area contributed by atoms with Crippen LogP contribution in [0.15, 0.2) is 18.2 Å². The molecule has 0 bridgehead atoms. The van der Waals surface area contributed by atoms with Crippen molar-refractivity contribution in [1.82, 2.24) is 5.32 Å². The van der Waals surface area contributed by atoms with Gasteiger partial charge in [-0.3, -0.25) is 4.79 Å². The Balaban J connectivity index is 0.00000300. The van der Waals surface area contributed by atoms with Gasteiger partial charge >= 0.3 is 11.9 Å². The van der Waals surface area contributed by atoms with Crippen molar-refractivity contribution in [3.05, 3.63) is 28.8 Å². The van der Waals surface area contributed by atoms with Gasteiger partial charge in [0.05, 0.1) is 12.7 Å². The number of carboxylic acid groups (broad SMARTS) is 1. The second kappa shape index (κ2) is 10.5. The quantitative estimate of drug-likeness (QED) is 0.633. The van der Waals surface area contributed by atoms with Gasteiger partial charge < -0.3 is 19.9 Å². The van der Waals surface area contributed by atoms with E-state index in [1.54, 1.807) is 25.1 Å². The Kier molecular flexibility index (Phi) is 8.61. The van der Waals surface area contributed by atoms with Crippen LogP contribution in [0.2, 0.25) is 5.02 Å². The van der Waals surface area contributed by atoms with E-state index >= 15 is 0 Å². The number of aliphatic carboxylic acids is 1. The van der Waals surface area contributed by atoms with E-state index in [2.05, 4.69) is 12.2 Å². The van der Waals surface area contributed by atoms with Crippen LogP contribution in [0.1, 0.15) is 56.3 Å². The van der Waals surface area contributed by atoms with E-state index in [0.717, 1.165) is 25.7 Å². The highest BCUT2D eigenvalue weighted by Crippen LogP contribution is 2.41. The zero-order valence-corrected chi connectivity index (χ0v) is 18.3. The van der Waals surface area contributed by atoms with E-state index in [1.165, 1.54) is 0 Å². The maximum absolute atomic E-state index is 12.2. The minimum absolute atomic E-state index is 0. The summed E-state index contributed by atoms with van der Waals surface area (Å²) in [5.41, 5.74) is 0.369. The topological polar surface area (TPSA) is 84.9 Å². The fourth-order valence-electron chi connectivity index (χ4n) is 4.65. The molecule has 0 aromatic heterocycles. The van der Waals surface area contributed by atoms with Gasteiger partial charge in [0.2, 0.25) is 0 Å². The van der Waals surface area contributed by atoms with Crippen LogP contribution < -0.4 is 10.1 Å². The number of halogens is 2. The fourth-order valence-corrected chi connectivity index (χ4v) is 4.81. The van der Waals surface area contributed by atoms with Crippen LogP contribution in [-0.2, 0) is 9.53 Å². The summed E-state index contributed by atoms with van der Waals surface area (Å²) in [6.07, 6.45) is 4.07. The Labute approximate surface area is 182 Å². The molecule has 1 aliphatic heterocycles. The lowest BCUT2D eigenvalue weighted by Gasteiger charge is -2.46. The molecule has 162 valence electrons. The van der Waals surface area contributed by atoms with E-state index in [4.69, 9.17) is 21.1 Å². The van der Waals surface area contributed by atoms with Gasteiger partial charge in [0, 0.05) is 11.1 Å². The van der Waals surface area contributed by atoms with E-state index in [-0.39, 0.29) is 37.1 Å². The lowest BCUT2D eigenvalue weighted by atomic mass is 9.68. The van der Waals surface area contributed by atoms with E-state index in [0.29, 0.717) is 28.7 Å². The molecule has 2 fully saturated rings. The predicted octanol–water partition coefficient (Wildman–Crippen LogP) is 4.33. The molecule has 1 unspecified atom stereocenters. The second-order valence-electron chi connectivity index (χ2n) is 7.65. The highest BCUT2D eigenvalue weighted by molar-refractivity contribution is 6.30. The fraction of sp³-hybridized carbons (Fsp3) is 0.619. The summed E-state index contributed by atoms with van der Waals surface area (Å²) in [6, 6.07) is 4.64. The summed E-state index contributed by atoms with van der Waals surface area (Å²) < 4.78 is 11.3. The number of nitrogens with one attached hydrogen (secondary N) is 1. The van der Waals surface area contributed by atoms with Crippen molar-refractivity contribution in [1.29, 1.82) is 0 Å². The van der Waals surface area contributed by atoms with Gasteiger partial charge in [0.25, 0.3) is 0 Å². The first-order valence-corrected chi connectivity index (χ1v) is 10.4. The number of hydrogen-bond donors (Lipinski definition) is 2. The smallest absolute Gasteiger partial charge is 0.341 e. The molecule has 0 spiro atoms. The van der Waals surface area contributed by atoms with Crippen molar-refractivity contribution < 1.29 is 24.2 Å². The molecule has 1 heterocycles. The molecule has 1 saturated carbocycles. The van der Waals surface area contributed by atoms with E-state index in [9.17, 15) is 14.7 Å². The summed E-state index contributed by atoms with van der Waals surface area (Å²) >= 11 is 6.11. The summed E-state index contributed by atoms with van der Waals surface area (Å²) in [5.74, 6) is -0.0353. The molecule has 8 heteroatoms. The molecular formula is C21H29Cl2NO5. The van der Waals surface area contributed by atoms with Crippen molar-refractivity contribution in [3.8, 4) is 5.75 Å². The number of benzene rings is 1. The number of fused-ring (bicyclic) bond motifs is 1. The lowest BCUT2D eigenvalue weighted by molar-refractivity contribution is -0.142. The first kappa shape index (κ1) is 23.8. The maximum Gasteiger partial charge on any atom is 0.341 e. The molecule has 6 nitrogen and oxygen atoms in total. The van der Waals surface area contributed by atoms with Crippen molar-refractivity contribution >= 4 is 35.9 Å². The van der Waals surface area contributed by atoms with Crippen LogP contribution in [0.4, 0.5) is 0 Å². The van der Waals surface area contributed by atoms with Crippen LogP contribution in [-0.4, -0.2) is 41.8 Å². The van der Waals surface area contributed by atoms with Gasteiger partial charge in [-0.25, -0.2) is 4.79 Å². The molecule has 2 N–H and O–H groups in total. The van der Waals surface area contributed by atoms with Gasteiger partial charge in [-0.1, -0.05) is 18.5 Å². The first-order chi connectivity index (χ1) is 13.4. The van der Waals surface area contributed by atoms with Crippen molar-refractivity contribution in [2.24, 2.45) is 11.8 Å². The average Bonchev–Trinajstić information content (AvgIpc) is 2.67. The Morgan fingerprint density at radius 2 is 2.00 bits per heavy atom. The van der Waals surface area contributed by atoms with Gasteiger partial charge in [0.1, 0.15) is 17.4 Å². The molecule has 1 saturated heterocycles. The highest BCUT2D eigenvalue weighted by Gasteiger charge is 2.43. The van der Waals surface area contributed by atoms with Crippen LogP contribution in [0, 0.1) is 11.8 Å². The summed E-state index contributed by atoms with van der Waals surface area (Å²) in [6.45, 7) is 4.14. The molecule has 2 aliphatic rings. The van der Waals surface area contributed by atoms with Gasteiger partial charge in [0.15, 0.2) is 0 Å². The van der Waals surface area contributed by atoms with Gasteiger partial charge in [-0.2, -0.15) is 0 Å². The molecule has 1 aliphatic carbocycles. The second-order valence-corrected chi connectivity index (χ2v) is 8.08. The number of carbonyl (C=O) groups is 2. The number of ether oxygens (including phenoxy) is 2. The third-order valence-electron chi connectivity index (χ3n) is 5.93. The minimum atomic E-state index is -0.792. The van der Waals surface area contributed by atoms with E-state index < -0.39 is 18.0 Å². The maximum atomic E-state index is 12.2. The Morgan fingerprint density at radius 3 is 2.66 bits per heavy atom. The third kappa shape index (κ3) is 5.56. The number of carboxylic acids is 1. The monoisotopic (exact) mass is 445 g/mol. The van der Waals surface area contributed by atoms with Gasteiger partial charge in [-0.15, -0.1) is 12.4 Å². The average molecular weight is 446 g/mol. The summed E-state index contributed by atoms with van der Waals surface area (Å²) in [7, 11) is 0. The molecule has 0 radical (unpaired) electrons. The summed E-state index contributed by atoms with van der Waals surface area (Å²) in [5, 5.41) is 13.3. The SMILES string of the molecule is CCOC(=O)c1ccc(Cl)cc1O[C@H]1CC[C@H]2C(CC)N[C@H](C(=O)O)C[C@H]2C1.Cl. The Morgan fingerprint density at radius 1 is 1.24 bits per heavy atom. The van der Waals surface area contributed by atoms with E-state index in [1.807, 2.05) is 0 Å². The molecule has 5 atom stereocenters. The number of rotatable bonds is 6. The van der Waals surface area contributed by atoms with Crippen molar-refractivity contribution in [2.45, 2.75) is 64.1 Å². The minimum Gasteiger partial charge on any atom is -0.489 e. The van der Waals surface area contributed by atoms with Crippen LogP contribution in [0.25, 0.3) is 0 Å². The van der Waals surface area contributed by atoms with Gasteiger partial charge in [-0.05, 0) is 69.1 Å². The van der Waals surface area contributed by atoms with Crippen LogP contribution in [0.3, 0.4) is 0 Å². The predicted molar refractivity (Wildman–Crippen MR) is 113 cm³/mol. The largest absolute Gasteiger partial charge is 0.489 e. The van der Waals surface area contributed by atoms with Crippen LogP contribution >= 0.6 is 24.0 Å². The Bertz CT molecular complexity index is 729. The standard InChI is InChI=1S/C21H28ClNO5.ClH/c1-3-17-15-8-6-14(9-12(15)10-18(23-17)20(24)25)28-19-11-13(22)5-7-16(19)21(26)27-4-2;/h5,7,11-12,14-15,17-18,23H,3-4,6,8-10H2,1-2H3,(H,24,25);1H/t12-,14+,15-,17?,18+;/m1./s1. The molecule has 29 heavy (non-hydrogen) atoms. The van der Waals surface area contributed by atoms with Crippen molar-refractivity contribution in [3.63, 3.8) is 0 Å². The number of carbonyl (C=O) groups excluding carboxylic acids is 1. The molecule has 3 rings (SSSR count). The number of esters is 1. The highest BCUT2D eigenvalue weighted by atomic mass is 35.5. The molecule has 1 aromatic rings. The number of piperidine rings is 1. The molecular weight excluding hydrogens is 417 g/mol. The summed E-state index contributed by atoms with van der Waals surface area (Å²) in [4.78, 5) is 23.7. The Hall–Kier alpha value is -1.50. The normalized spacial score (nSPS) is 28.6. The lowest BCUT2D eigenvalue weighted by Crippen LogP contribution is -2.56. The van der Waals surface area contributed by atoms with Crippen molar-refractivity contribution in [2.75, 3.05) is 6.61 Å².